The Bertz CT molecular complexity index is 901. The Hall–Kier alpha value is -2.18. The summed E-state index contributed by atoms with van der Waals surface area (Å²) in [5.41, 5.74) is 8.10. The van der Waals surface area contributed by atoms with Crippen LogP contribution < -0.4 is 40.6 Å². The number of carbonyl (C=O) groups is 1. The van der Waals surface area contributed by atoms with Crippen molar-refractivity contribution in [1.29, 1.82) is 0 Å². The van der Waals surface area contributed by atoms with Crippen LogP contribution in [-0.2, 0) is 6.54 Å². The molecule has 0 aliphatic carbocycles. The number of nitrogens with two attached hydrogens (primary N) is 1. The molecule has 3 aromatic carbocycles. The standard InChI is InChI=1S/C10H15NO.C10H13NO.C7H6O.C3H9NO.CH4O.B.Na.H/c2*12-8-4-7-11-9-10-5-2-1-3-6-10;8-6-7-4-2-1-3-5-7;4-2-1-3-5;1-2;;;/h1-3,5-6,11-12H,4,7-9H2;1-3,5-6,9,12H,4,7-8H2;1-6H;5H,1-4H2;2H,1H3;;;/q;;;;;;+1;-1. The molecule has 0 atom stereocenters. The van der Waals surface area contributed by atoms with Crippen LogP contribution in [0.25, 0.3) is 0 Å². The van der Waals surface area contributed by atoms with Gasteiger partial charge in [-0.15, -0.1) is 0 Å². The molecule has 221 valence electrons. The van der Waals surface area contributed by atoms with E-state index in [2.05, 4.69) is 22.4 Å². The van der Waals surface area contributed by atoms with Gasteiger partial charge in [-0.25, -0.2) is 0 Å². The molecule has 0 spiro atoms. The van der Waals surface area contributed by atoms with Crippen molar-refractivity contribution in [2.45, 2.75) is 25.8 Å². The van der Waals surface area contributed by atoms with Crippen LogP contribution in [0.4, 0.5) is 0 Å². The van der Waals surface area contributed by atoms with Crippen molar-refractivity contribution in [2.75, 3.05) is 46.6 Å². The smallest absolute Gasteiger partial charge is 1.00 e. The van der Waals surface area contributed by atoms with Crippen molar-refractivity contribution in [3.8, 4) is 0 Å². The van der Waals surface area contributed by atoms with E-state index in [0.717, 1.165) is 56.9 Å². The van der Waals surface area contributed by atoms with Crippen LogP contribution in [0.5, 0.6) is 0 Å². The molecule has 0 unspecified atom stereocenters. The SMILES string of the molecule is CO.NCCCO.O=Cc1ccccc1.OCCCN=Cc1ccccc1.OCCCNCc1ccccc1.[B].[H-].[Na+]. The summed E-state index contributed by atoms with van der Waals surface area (Å²) in [6.07, 6.45) is 4.95. The van der Waals surface area contributed by atoms with E-state index in [4.69, 9.17) is 26.2 Å². The zero-order valence-electron chi connectivity index (χ0n) is 25.7. The van der Waals surface area contributed by atoms with Crippen LogP contribution in [-0.4, -0.2) is 87.9 Å². The van der Waals surface area contributed by atoms with Crippen LogP contribution in [0.1, 0.15) is 42.2 Å². The van der Waals surface area contributed by atoms with Crippen molar-refractivity contribution in [1.82, 2.24) is 5.32 Å². The molecular formula is C31H48BN3NaO5. The number of aliphatic hydroxyl groups is 4. The number of hydrogen-bond acceptors (Lipinski definition) is 8. The molecule has 3 aromatic rings. The molecular weight excluding hydrogens is 528 g/mol. The van der Waals surface area contributed by atoms with Gasteiger partial charge in [0.25, 0.3) is 0 Å². The minimum Gasteiger partial charge on any atom is -1.00 e. The number of aliphatic hydroxyl groups excluding tert-OH is 4. The summed E-state index contributed by atoms with van der Waals surface area (Å²) < 4.78 is 0. The molecule has 41 heavy (non-hydrogen) atoms. The van der Waals surface area contributed by atoms with Crippen molar-refractivity contribution >= 4 is 20.9 Å². The zero-order chi connectivity index (χ0) is 29.2. The van der Waals surface area contributed by atoms with Gasteiger partial charge in [0.05, 0.1) is 0 Å². The fourth-order valence-corrected chi connectivity index (χ4v) is 2.53. The predicted molar refractivity (Wildman–Crippen MR) is 168 cm³/mol. The Kier molecular flexibility index (Phi) is 44.6. The number of benzene rings is 3. The van der Waals surface area contributed by atoms with Gasteiger partial charge in [-0.1, -0.05) is 91.0 Å². The van der Waals surface area contributed by atoms with E-state index in [1.165, 1.54) is 5.56 Å². The van der Waals surface area contributed by atoms with Crippen molar-refractivity contribution < 1.29 is 56.2 Å². The molecule has 0 saturated carbocycles. The first kappa shape index (κ1) is 45.8. The van der Waals surface area contributed by atoms with Crippen molar-refractivity contribution in [2.24, 2.45) is 10.7 Å². The number of aldehydes is 1. The van der Waals surface area contributed by atoms with Crippen LogP contribution in [0.15, 0.2) is 96.0 Å². The Labute approximate surface area is 272 Å². The molecule has 3 rings (SSSR count). The average molecular weight is 577 g/mol. The summed E-state index contributed by atoms with van der Waals surface area (Å²) in [5, 5.41) is 35.2. The number of nitrogens with zero attached hydrogens (tertiary/aromatic N) is 1. The molecule has 0 fully saturated rings. The molecule has 3 radical (unpaired) electrons. The first-order valence-electron chi connectivity index (χ1n) is 13.0. The zero-order valence-corrected chi connectivity index (χ0v) is 26.7. The van der Waals surface area contributed by atoms with Gasteiger partial charge in [-0.05, 0) is 43.5 Å². The van der Waals surface area contributed by atoms with Gasteiger partial charge >= 0.3 is 29.6 Å². The second kappa shape index (κ2) is 40.0. The molecule has 7 N–H and O–H groups in total. The monoisotopic (exact) mass is 576 g/mol. The predicted octanol–water partition coefficient (Wildman–Crippen LogP) is -0.183. The fraction of sp³-hybridized carbons (Fsp3) is 0.355. The number of rotatable bonds is 12. The molecule has 0 amide bonds. The second-order valence-electron chi connectivity index (χ2n) is 7.66. The van der Waals surface area contributed by atoms with Gasteiger partial charge in [-0.2, -0.15) is 0 Å². The van der Waals surface area contributed by atoms with Gasteiger partial charge in [0, 0.05) is 60.2 Å². The number of carbonyl (C=O) groups excluding carboxylic acids is 1. The van der Waals surface area contributed by atoms with E-state index in [1.54, 1.807) is 12.1 Å². The van der Waals surface area contributed by atoms with E-state index in [-0.39, 0.29) is 59.2 Å². The Morgan fingerprint density at radius 3 is 1.61 bits per heavy atom. The first-order chi connectivity index (χ1) is 19.2. The van der Waals surface area contributed by atoms with E-state index in [1.807, 2.05) is 72.9 Å². The molecule has 0 saturated heterocycles. The average Bonchev–Trinajstić information content (AvgIpc) is 3.01. The van der Waals surface area contributed by atoms with E-state index in [0.29, 0.717) is 13.1 Å². The quantitative estimate of drug-likeness (QED) is 0.0759. The van der Waals surface area contributed by atoms with Gasteiger partial charge in [0.15, 0.2) is 0 Å². The van der Waals surface area contributed by atoms with Gasteiger partial charge in [0.1, 0.15) is 6.29 Å². The number of nitrogens with one attached hydrogen (secondary N) is 1. The summed E-state index contributed by atoms with van der Waals surface area (Å²) >= 11 is 0. The van der Waals surface area contributed by atoms with E-state index < -0.39 is 0 Å². The van der Waals surface area contributed by atoms with Gasteiger partial charge in [-0.3, -0.25) is 9.79 Å². The van der Waals surface area contributed by atoms with E-state index >= 15 is 0 Å². The normalized spacial score (nSPS) is 8.93. The van der Waals surface area contributed by atoms with Crippen LogP contribution >= 0.6 is 0 Å². The molecule has 0 aliphatic rings. The second-order valence-corrected chi connectivity index (χ2v) is 7.66. The number of hydrogen-bond donors (Lipinski definition) is 6. The topological polar surface area (TPSA) is 148 Å². The maximum absolute atomic E-state index is 10.0. The Morgan fingerprint density at radius 1 is 0.756 bits per heavy atom. The molecule has 0 aliphatic heterocycles. The molecule has 0 bridgehead atoms. The molecule has 8 nitrogen and oxygen atoms in total. The maximum atomic E-state index is 10.0. The summed E-state index contributed by atoms with van der Waals surface area (Å²) in [4.78, 5) is 14.2. The van der Waals surface area contributed by atoms with Crippen molar-refractivity contribution in [3.05, 3.63) is 108 Å². The Morgan fingerprint density at radius 2 is 1.22 bits per heavy atom. The third kappa shape index (κ3) is 33.9. The molecule has 0 heterocycles. The fourth-order valence-electron chi connectivity index (χ4n) is 2.53. The molecule has 10 heteroatoms. The summed E-state index contributed by atoms with van der Waals surface area (Å²) in [7, 11) is 1.00. The van der Waals surface area contributed by atoms with Crippen LogP contribution in [0, 0.1) is 0 Å². The Balaban J connectivity index is -0.000000144. The van der Waals surface area contributed by atoms with E-state index in [9.17, 15) is 4.79 Å². The summed E-state index contributed by atoms with van der Waals surface area (Å²) in [6, 6.07) is 29.3. The summed E-state index contributed by atoms with van der Waals surface area (Å²) in [6.45, 7) is 3.76. The van der Waals surface area contributed by atoms with Gasteiger partial charge in [0.2, 0.25) is 0 Å². The number of aliphatic imine (C=N–C) groups is 1. The van der Waals surface area contributed by atoms with Crippen LogP contribution in [0.3, 0.4) is 0 Å². The molecule has 0 aromatic heterocycles. The summed E-state index contributed by atoms with van der Waals surface area (Å²) in [5.74, 6) is 0. The van der Waals surface area contributed by atoms with Crippen LogP contribution in [0.2, 0.25) is 0 Å². The first-order valence-corrected chi connectivity index (χ1v) is 13.0. The third-order valence-electron chi connectivity index (χ3n) is 4.47. The van der Waals surface area contributed by atoms with Gasteiger partial charge < -0.3 is 32.9 Å². The maximum Gasteiger partial charge on any atom is 1.00 e. The third-order valence-corrected chi connectivity index (χ3v) is 4.47. The minimum atomic E-state index is 0. The largest absolute Gasteiger partial charge is 1.00 e. The van der Waals surface area contributed by atoms with Crippen molar-refractivity contribution in [3.63, 3.8) is 0 Å². The minimum absolute atomic E-state index is 0.